The molecule has 0 bridgehead atoms. The third-order valence-electron chi connectivity index (χ3n) is 7.74. The minimum Gasteiger partial charge on any atom is -0.208 e. The molecule has 0 aliphatic rings. The number of benzene rings is 6. The van der Waals surface area contributed by atoms with Crippen molar-refractivity contribution in [2.75, 3.05) is 0 Å². The second-order valence-corrected chi connectivity index (χ2v) is 11.5. The van der Waals surface area contributed by atoms with E-state index >= 15 is 0 Å². The van der Waals surface area contributed by atoms with Crippen molar-refractivity contribution in [3.63, 3.8) is 0 Å². The summed E-state index contributed by atoms with van der Waals surface area (Å²) in [6, 6.07) is 52.7. The molecule has 6 aromatic carbocycles. The zero-order valence-electron chi connectivity index (χ0n) is 23.2. The van der Waals surface area contributed by atoms with Crippen molar-refractivity contribution in [3.8, 4) is 56.4 Å². The molecule has 0 aliphatic heterocycles. The molecule has 2 aromatic heterocycles. The van der Waals surface area contributed by atoms with E-state index < -0.39 is 0 Å². The molecular weight excluding hydrogens is 555 g/mol. The van der Waals surface area contributed by atoms with Crippen LogP contribution >= 0.6 is 11.3 Å². The highest BCUT2D eigenvalue weighted by molar-refractivity contribution is 7.26. The van der Waals surface area contributed by atoms with E-state index in [9.17, 15) is 0 Å². The van der Waals surface area contributed by atoms with Crippen LogP contribution in [-0.4, -0.2) is 15.0 Å². The van der Waals surface area contributed by atoms with Crippen molar-refractivity contribution in [1.29, 1.82) is 0 Å². The summed E-state index contributed by atoms with van der Waals surface area (Å²) >= 11 is 1.86. The number of fused-ring (bicyclic) bond motifs is 3. The summed E-state index contributed by atoms with van der Waals surface area (Å²) in [6.45, 7) is 0. The second-order valence-electron chi connectivity index (χ2n) is 10.5. The molecule has 44 heavy (non-hydrogen) atoms. The van der Waals surface area contributed by atoms with E-state index in [1.165, 1.54) is 36.9 Å². The smallest absolute Gasteiger partial charge is 0.164 e. The lowest BCUT2D eigenvalue weighted by Gasteiger charge is -2.10. The molecule has 0 unspecified atom stereocenters. The second kappa shape index (κ2) is 11.7. The summed E-state index contributed by atoms with van der Waals surface area (Å²) in [5.41, 5.74) is 7.73. The number of thiophene rings is 1. The molecule has 8 aromatic rings. The first-order valence-corrected chi connectivity index (χ1v) is 15.1. The molecule has 210 valence electrons. The van der Waals surface area contributed by atoms with Crippen molar-refractivity contribution in [2.45, 2.75) is 7.43 Å². The van der Waals surface area contributed by atoms with Crippen molar-refractivity contribution in [3.05, 3.63) is 152 Å². The van der Waals surface area contributed by atoms with Crippen LogP contribution in [0.25, 0.3) is 76.6 Å². The molecule has 0 N–H and O–H groups in total. The van der Waals surface area contributed by atoms with E-state index in [1.807, 2.05) is 72.0 Å². The molecule has 0 saturated carbocycles. The summed E-state index contributed by atoms with van der Waals surface area (Å²) in [6.07, 6.45) is 0. The van der Waals surface area contributed by atoms with Crippen molar-refractivity contribution >= 4 is 31.5 Å². The molecule has 2 heterocycles. The molecule has 0 fully saturated rings. The normalized spacial score (nSPS) is 11.0. The Kier molecular flexibility index (Phi) is 7.27. The molecular formula is C40H29N3S. The Morgan fingerprint density at radius 2 is 0.727 bits per heavy atom. The maximum atomic E-state index is 4.96. The average Bonchev–Trinajstić information content (AvgIpc) is 3.48. The van der Waals surface area contributed by atoms with E-state index in [2.05, 4.69) is 91.0 Å². The van der Waals surface area contributed by atoms with Gasteiger partial charge in [-0.2, -0.15) is 0 Å². The quantitative estimate of drug-likeness (QED) is 0.202. The summed E-state index contributed by atoms with van der Waals surface area (Å²) in [7, 11) is 0. The van der Waals surface area contributed by atoms with Crippen LogP contribution in [0.15, 0.2) is 152 Å². The molecule has 0 radical (unpaired) electrons. The van der Waals surface area contributed by atoms with Crippen LogP contribution in [0.4, 0.5) is 0 Å². The summed E-state index contributed by atoms with van der Waals surface area (Å²) in [4.78, 5) is 14.8. The van der Waals surface area contributed by atoms with Gasteiger partial charge in [0.2, 0.25) is 0 Å². The van der Waals surface area contributed by atoms with Gasteiger partial charge in [0.15, 0.2) is 17.5 Å². The zero-order chi connectivity index (χ0) is 28.6. The number of hydrogen-bond acceptors (Lipinski definition) is 4. The monoisotopic (exact) mass is 583 g/mol. The molecule has 0 aliphatic carbocycles. The minimum absolute atomic E-state index is 0. The first kappa shape index (κ1) is 27.4. The molecule has 0 saturated heterocycles. The van der Waals surface area contributed by atoms with Gasteiger partial charge in [0, 0.05) is 36.9 Å². The third-order valence-corrected chi connectivity index (χ3v) is 9.03. The standard InChI is InChI=1S/C39H25N3S.CH4/c1-4-13-26(14-5-1)31-21-11-23-33-34-24-12-22-32(36(34)43-35(31)33)29-19-10-20-30(25-29)39-41-37(27-15-6-2-7-16-27)40-38(42-39)28-17-8-3-9-18-28;/h1-25H;1H4. The van der Waals surface area contributed by atoms with E-state index in [4.69, 9.17) is 15.0 Å². The van der Waals surface area contributed by atoms with Crippen molar-refractivity contribution < 1.29 is 0 Å². The lowest BCUT2D eigenvalue weighted by molar-refractivity contribution is 1.07. The van der Waals surface area contributed by atoms with Gasteiger partial charge in [0.1, 0.15) is 0 Å². The van der Waals surface area contributed by atoms with Gasteiger partial charge >= 0.3 is 0 Å². The van der Waals surface area contributed by atoms with Gasteiger partial charge < -0.3 is 0 Å². The van der Waals surface area contributed by atoms with Gasteiger partial charge in [-0.25, -0.2) is 15.0 Å². The number of hydrogen-bond donors (Lipinski definition) is 0. The first-order valence-electron chi connectivity index (χ1n) is 14.3. The molecule has 4 heteroatoms. The highest BCUT2D eigenvalue weighted by Gasteiger charge is 2.16. The van der Waals surface area contributed by atoms with Gasteiger partial charge in [0.25, 0.3) is 0 Å². The number of rotatable bonds is 5. The number of aromatic nitrogens is 3. The Balaban J connectivity index is 0.00000312. The Hall–Kier alpha value is -5.45. The number of nitrogens with zero attached hydrogens (tertiary/aromatic N) is 3. The van der Waals surface area contributed by atoms with E-state index in [0.29, 0.717) is 17.5 Å². The Morgan fingerprint density at radius 1 is 0.341 bits per heavy atom. The lowest BCUT2D eigenvalue weighted by Crippen LogP contribution is -2.00. The Morgan fingerprint density at radius 3 is 1.25 bits per heavy atom. The fourth-order valence-corrected chi connectivity index (χ4v) is 7.03. The van der Waals surface area contributed by atoms with E-state index in [-0.39, 0.29) is 7.43 Å². The van der Waals surface area contributed by atoms with Gasteiger partial charge in [-0.1, -0.05) is 153 Å². The molecule has 8 rings (SSSR count). The van der Waals surface area contributed by atoms with Crippen molar-refractivity contribution in [2.24, 2.45) is 0 Å². The minimum atomic E-state index is 0. The maximum Gasteiger partial charge on any atom is 0.164 e. The van der Waals surface area contributed by atoms with Crippen LogP contribution in [-0.2, 0) is 0 Å². The highest BCUT2D eigenvalue weighted by atomic mass is 32.1. The van der Waals surface area contributed by atoms with Gasteiger partial charge in [-0.05, 0) is 28.3 Å². The predicted octanol–water partition coefficient (Wildman–Crippen LogP) is 11.2. The molecule has 3 nitrogen and oxygen atoms in total. The predicted molar refractivity (Wildman–Crippen MR) is 187 cm³/mol. The van der Waals surface area contributed by atoms with Gasteiger partial charge in [-0.3, -0.25) is 0 Å². The molecule has 0 amide bonds. The van der Waals surface area contributed by atoms with E-state index in [1.54, 1.807) is 0 Å². The van der Waals surface area contributed by atoms with Crippen LogP contribution in [0.5, 0.6) is 0 Å². The SMILES string of the molecule is C.c1ccc(-c2nc(-c3ccccc3)nc(-c3cccc(-c4cccc5c4sc4c(-c6ccccc6)cccc45)c3)n2)cc1. The topological polar surface area (TPSA) is 38.7 Å². The van der Waals surface area contributed by atoms with Crippen LogP contribution in [0.3, 0.4) is 0 Å². The van der Waals surface area contributed by atoms with E-state index in [0.717, 1.165) is 22.3 Å². The van der Waals surface area contributed by atoms with Gasteiger partial charge in [-0.15, -0.1) is 11.3 Å². The van der Waals surface area contributed by atoms with Crippen LogP contribution in [0.2, 0.25) is 0 Å². The molecule has 0 atom stereocenters. The largest absolute Gasteiger partial charge is 0.208 e. The molecule has 0 spiro atoms. The fraction of sp³-hybridized carbons (Fsp3) is 0.0250. The zero-order valence-corrected chi connectivity index (χ0v) is 24.0. The van der Waals surface area contributed by atoms with Gasteiger partial charge in [0.05, 0.1) is 0 Å². The summed E-state index contributed by atoms with van der Waals surface area (Å²) in [5, 5.41) is 2.57. The maximum absolute atomic E-state index is 4.96. The Bertz CT molecular complexity index is 2170. The first-order chi connectivity index (χ1) is 21.3. The lowest BCUT2D eigenvalue weighted by atomic mass is 9.99. The average molecular weight is 584 g/mol. The van der Waals surface area contributed by atoms with Crippen LogP contribution < -0.4 is 0 Å². The van der Waals surface area contributed by atoms with Crippen molar-refractivity contribution in [1.82, 2.24) is 15.0 Å². The fourth-order valence-electron chi connectivity index (χ4n) is 5.66. The highest BCUT2D eigenvalue weighted by Crippen LogP contribution is 2.44. The Labute approximate surface area is 261 Å². The summed E-state index contributed by atoms with van der Waals surface area (Å²) < 4.78 is 2.59. The van der Waals surface area contributed by atoms with Crippen LogP contribution in [0, 0.1) is 0 Å². The third kappa shape index (κ3) is 4.96. The summed E-state index contributed by atoms with van der Waals surface area (Å²) in [5.74, 6) is 1.98. The van der Waals surface area contributed by atoms with Crippen LogP contribution in [0.1, 0.15) is 7.43 Å².